The van der Waals surface area contributed by atoms with Gasteiger partial charge in [0.25, 0.3) is 5.91 Å². The van der Waals surface area contributed by atoms with Crippen LogP contribution in [0.2, 0.25) is 0 Å². The van der Waals surface area contributed by atoms with E-state index < -0.39 is 5.97 Å². The van der Waals surface area contributed by atoms with Crippen LogP contribution in [-0.4, -0.2) is 40.6 Å². The summed E-state index contributed by atoms with van der Waals surface area (Å²) in [5.74, 6) is -0.662. The van der Waals surface area contributed by atoms with Gasteiger partial charge in [0, 0.05) is 12.7 Å². The van der Waals surface area contributed by atoms with E-state index in [1.807, 2.05) is 25.1 Å². The second kappa shape index (κ2) is 8.25. The molecule has 0 radical (unpaired) electrons. The highest BCUT2D eigenvalue weighted by molar-refractivity contribution is 7.80. The molecule has 2 aromatic rings. The molecule has 0 aliphatic rings. The number of carboxylic acids is 1. The van der Waals surface area contributed by atoms with Crippen molar-refractivity contribution in [2.45, 2.75) is 6.92 Å². The number of anilines is 1. The SMILES string of the molecule is Cc1ccccc1OCC(=O)N(C)C(=S)Nc1ccc(C(=O)O)cc1. The van der Waals surface area contributed by atoms with Gasteiger partial charge in [0.1, 0.15) is 5.75 Å². The van der Waals surface area contributed by atoms with Crippen LogP contribution in [-0.2, 0) is 4.79 Å². The minimum absolute atomic E-state index is 0.138. The molecule has 25 heavy (non-hydrogen) atoms. The van der Waals surface area contributed by atoms with Gasteiger partial charge in [-0.1, -0.05) is 18.2 Å². The van der Waals surface area contributed by atoms with Crippen LogP contribution in [0.25, 0.3) is 0 Å². The summed E-state index contributed by atoms with van der Waals surface area (Å²) in [7, 11) is 1.55. The number of hydrogen-bond acceptors (Lipinski definition) is 4. The van der Waals surface area contributed by atoms with Gasteiger partial charge in [0.05, 0.1) is 5.56 Å². The molecule has 2 rings (SSSR count). The Balaban J connectivity index is 1.91. The van der Waals surface area contributed by atoms with Crippen LogP contribution in [0.5, 0.6) is 5.75 Å². The van der Waals surface area contributed by atoms with Crippen LogP contribution in [0.3, 0.4) is 0 Å². The molecule has 0 aromatic heterocycles. The second-order valence-corrected chi connectivity index (χ2v) is 5.71. The number of thiocarbonyl (C=S) groups is 1. The zero-order valence-corrected chi connectivity index (χ0v) is 14.7. The fourth-order valence-corrected chi connectivity index (χ4v) is 2.19. The van der Waals surface area contributed by atoms with Crippen molar-refractivity contribution in [1.29, 1.82) is 0 Å². The molecule has 0 bridgehead atoms. The second-order valence-electron chi connectivity index (χ2n) is 5.32. The first-order valence-electron chi connectivity index (χ1n) is 7.48. The minimum atomic E-state index is -1.00. The van der Waals surface area contributed by atoms with Gasteiger partial charge >= 0.3 is 5.97 Å². The summed E-state index contributed by atoms with van der Waals surface area (Å²) in [6, 6.07) is 13.5. The predicted octanol–water partition coefficient (Wildman–Crippen LogP) is 2.93. The minimum Gasteiger partial charge on any atom is -0.483 e. The van der Waals surface area contributed by atoms with E-state index >= 15 is 0 Å². The van der Waals surface area contributed by atoms with Crippen LogP contribution < -0.4 is 10.1 Å². The molecular weight excluding hydrogens is 340 g/mol. The number of ether oxygens (including phenoxy) is 1. The molecule has 0 saturated heterocycles. The van der Waals surface area contributed by atoms with Crippen molar-refractivity contribution in [1.82, 2.24) is 4.90 Å². The Morgan fingerprint density at radius 3 is 2.40 bits per heavy atom. The predicted molar refractivity (Wildman–Crippen MR) is 99.1 cm³/mol. The van der Waals surface area contributed by atoms with Crippen LogP contribution in [0, 0.1) is 6.92 Å². The van der Waals surface area contributed by atoms with E-state index in [1.165, 1.54) is 17.0 Å². The number of nitrogens with zero attached hydrogens (tertiary/aromatic N) is 1. The number of rotatable bonds is 5. The average molecular weight is 358 g/mol. The highest BCUT2D eigenvalue weighted by Gasteiger charge is 2.15. The number of carbonyl (C=O) groups excluding carboxylic acids is 1. The molecule has 2 N–H and O–H groups in total. The van der Waals surface area contributed by atoms with Gasteiger partial charge in [-0.15, -0.1) is 0 Å². The lowest BCUT2D eigenvalue weighted by atomic mass is 10.2. The molecule has 130 valence electrons. The number of aryl methyl sites for hydroxylation is 1. The quantitative estimate of drug-likeness (QED) is 0.800. The van der Waals surface area contributed by atoms with Crippen molar-refractivity contribution < 1.29 is 19.4 Å². The van der Waals surface area contributed by atoms with E-state index in [0.29, 0.717) is 11.4 Å². The highest BCUT2D eigenvalue weighted by Crippen LogP contribution is 2.16. The zero-order valence-electron chi connectivity index (χ0n) is 13.9. The normalized spacial score (nSPS) is 10.0. The fraction of sp³-hybridized carbons (Fsp3) is 0.167. The molecule has 0 aliphatic heterocycles. The van der Waals surface area contributed by atoms with E-state index in [0.717, 1.165) is 5.56 Å². The summed E-state index contributed by atoms with van der Waals surface area (Å²) in [6.07, 6.45) is 0. The Morgan fingerprint density at radius 1 is 1.16 bits per heavy atom. The fourth-order valence-electron chi connectivity index (χ4n) is 1.97. The van der Waals surface area contributed by atoms with Crippen LogP contribution in [0.15, 0.2) is 48.5 Å². The zero-order chi connectivity index (χ0) is 18.4. The van der Waals surface area contributed by atoms with Gasteiger partial charge in [-0.3, -0.25) is 9.69 Å². The van der Waals surface area contributed by atoms with E-state index in [4.69, 9.17) is 22.1 Å². The smallest absolute Gasteiger partial charge is 0.335 e. The third-order valence-corrected chi connectivity index (χ3v) is 3.88. The van der Waals surface area contributed by atoms with Crippen molar-refractivity contribution in [3.8, 4) is 5.75 Å². The Kier molecular flexibility index (Phi) is 6.08. The number of carbonyl (C=O) groups is 2. The van der Waals surface area contributed by atoms with Crippen LogP contribution in [0.4, 0.5) is 5.69 Å². The van der Waals surface area contributed by atoms with Crippen LogP contribution in [0.1, 0.15) is 15.9 Å². The summed E-state index contributed by atoms with van der Waals surface area (Å²) >= 11 is 5.20. The number of benzene rings is 2. The standard InChI is InChI=1S/C18H18N2O4S/c1-12-5-3-4-6-15(12)24-11-16(21)20(2)18(25)19-14-9-7-13(8-10-14)17(22)23/h3-10H,11H2,1-2H3,(H,19,25)(H,22,23). The maximum atomic E-state index is 12.2. The topological polar surface area (TPSA) is 78.9 Å². The number of likely N-dealkylation sites (N-methyl/N-ethyl adjacent to an activating group) is 1. The lowest BCUT2D eigenvalue weighted by Crippen LogP contribution is -2.39. The molecule has 6 nitrogen and oxygen atoms in total. The molecule has 0 fully saturated rings. The summed E-state index contributed by atoms with van der Waals surface area (Å²) in [5.41, 5.74) is 1.71. The third kappa shape index (κ3) is 5.02. The number of hydrogen-bond donors (Lipinski definition) is 2. The van der Waals surface area contributed by atoms with E-state index in [1.54, 1.807) is 25.2 Å². The summed E-state index contributed by atoms with van der Waals surface area (Å²) in [6.45, 7) is 1.76. The maximum Gasteiger partial charge on any atom is 0.335 e. The van der Waals surface area contributed by atoms with Crippen molar-refractivity contribution >= 4 is 34.9 Å². The molecular formula is C18H18N2O4S. The van der Waals surface area contributed by atoms with Gasteiger partial charge in [0.15, 0.2) is 11.7 Å². The van der Waals surface area contributed by atoms with Gasteiger partial charge in [0.2, 0.25) is 0 Å². The molecule has 1 amide bonds. The van der Waals surface area contributed by atoms with Gasteiger partial charge < -0.3 is 15.2 Å². The van der Waals surface area contributed by atoms with Gasteiger partial charge in [-0.25, -0.2) is 4.79 Å². The maximum absolute atomic E-state index is 12.2. The third-order valence-electron chi connectivity index (χ3n) is 3.51. The molecule has 7 heteroatoms. The van der Waals surface area contributed by atoms with Crippen molar-refractivity contribution in [3.63, 3.8) is 0 Å². The Labute approximate surface area is 151 Å². The number of nitrogens with one attached hydrogen (secondary N) is 1. The first-order chi connectivity index (χ1) is 11.9. The summed E-state index contributed by atoms with van der Waals surface area (Å²) in [5, 5.41) is 12.0. The molecule has 0 heterocycles. The molecule has 2 aromatic carbocycles. The van der Waals surface area contributed by atoms with Gasteiger partial charge in [-0.2, -0.15) is 0 Å². The number of aromatic carboxylic acids is 1. The first kappa shape index (κ1) is 18.4. The van der Waals surface area contributed by atoms with Gasteiger partial charge in [-0.05, 0) is 55.0 Å². The van der Waals surface area contributed by atoms with Crippen molar-refractivity contribution in [2.24, 2.45) is 0 Å². The Bertz CT molecular complexity index is 790. The monoisotopic (exact) mass is 358 g/mol. The first-order valence-corrected chi connectivity index (χ1v) is 7.88. The van der Waals surface area contributed by atoms with Crippen molar-refractivity contribution in [2.75, 3.05) is 19.0 Å². The molecule has 0 aliphatic carbocycles. The Hall–Kier alpha value is -2.93. The highest BCUT2D eigenvalue weighted by atomic mass is 32.1. The molecule has 0 unspecified atom stereocenters. The lowest BCUT2D eigenvalue weighted by Gasteiger charge is -2.20. The number of carboxylic acid groups (broad SMARTS) is 1. The largest absolute Gasteiger partial charge is 0.483 e. The summed E-state index contributed by atoms with van der Waals surface area (Å²) in [4.78, 5) is 24.3. The average Bonchev–Trinajstić information content (AvgIpc) is 2.60. The molecule has 0 saturated carbocycles. The molecule has 0 atom stereocenters. The summed E-state index contributed by atoms with van der Waals surface area (Å²) < 4.78 is 5.52. The van der Waals surface area contributed by atoms with E-state index in [9.17, 15) is 9.59 Å². The molecule has 0 spiro atoms. The van der Waals surface area contributed by atoms with E-state index in [2.05, 4.69) is 5.32 Å². The van der Waals surface area contributed by atoms with Crippen LogP contribution >= 0.6 is 12.2 Å². The lowest BCUT2D eigenvalue weighted by molar-refractivity contribution is -0.128. The van der Waals surface area contributed by atoms with E-state index in [-0.39, 0.29) is 23.2 Å². The number of para-hydroxylation sites is 1. The van der Waals surface area contributed by atoms with Crippen molar-refractivity contribution in [3.05, 3.63) is 59.7 Å². The number of amides is 1. The Morgan fingerprint density at radius 2 is 1.80 bits per heavy atom.